The molecule has 92 valence electrons. The molecule has 0 radical (unpaired) electrons. The standard InChI is InChI=1S/C11H14N2O4/c1-8(14)11(15)12-7-6-9-2-4-10(5-3-9)13(16)17/h2-5,8,14H,6-7H2,1H3,(H,12,15). The molecule has 1 unspecified atom stereocenters. The van der Waals surface area contributed by atoms with Gasteiger partial charge in [0.05, 0.1) is 4.92 Å². The van der Waals surface area contributed by atoms with E-state index in [4.69, 9.17) is 5.11 Å². The van der Waals surface area contributed by atoms with Gasteiger partial charge in [0.2, 0.25) is 5.91 Å². The van der Waals surface area contributed by atoms with E-state index in [1.807, 2.05) is 0 Å². The van der Waals surface area contributed by atoms with E-state index in [0.29, 0.717) is 13.0 Å². The van der Waals surface area contributed by atoms with Gasteiger partial charge >= 0.3 is 0 Å². The van der Waals surface area contributed by atoms with Crippen molar-refractivity contribution < 1.29 is 14.8 Å². The van der Waals surface area contributed by atoms with Gasteiger partial charge in [0.15, 0.2) is 0 Å². The van der Waals surface area contributed by atoms with Gasteiger partial charge in [0.25, 0.3) is 5.69 Å². The minimum atomic E-state index is -1.02. The summed E-state index contributed by atoms with van der Waals surface area (Å²) in [5, 5.41) is 21.9. The number of amides is 1. The fourth-order valence-electron chi connectivity index (χ4n) is 1.26. The Hall–Kier alpha value is -1.95. The van der Waals surface area contributed by atoms with Gasteiger partial charge in [-0.2, -0.15) is 0 Å². The number of rotatable bonds is 5. The van der Waals surface area contributed by atoms with Crippen LogP contribution in [0.2, 0.25) is 0 Å². The Morgan fingerprint density at radius 1 is 1.47 bits per heavy atom. The Morgan fingerprint density at radius 2 is 2.06 bits per heavy atom. The van der Waals surface area contributed by atoms with Crippen molar-refractivity contribution in [2.24, 2.45) is 0 Å². The highest BCUT2D eigenvalue weighted by atomic mass is 16.6. The highest BCUT2D eigenvalue weighted by molar-refractivity contribution is 5.79. The van der Waals surface area contributed by atoms with Crippen molar-refractivity contribution >= 4 is 11.6 Å². The van der Waals surface area contributed by atoms with Gasteiger partial charge in [-0.1, -0.05) is 12.1 Å². The first-order valence-corrected chi connectivity index (χ1v) is 5.20. The Morgan fingerprint density at radius 3 is 2.53 bits per heavy atom. The van der Waals surface area contributed by atoms with Gasteiger partial charge in [0.1, 0.15) is 6.10 Å². The van der Waals surface area contributed by atoms with E-state index in [0.717, 1.165) is 5.56 Å². The molecule has 0 spiro atoms. The minimum Gasteiger partial charge on any atom is -0.384 e. The molecule has 0 bridgehead atoms. The first-order chi connectivity index (χ1) is 8.00. The fourth-order valence-corrected chi connectivity index (χ4v) is 1.26. The van der Waals surface area contributed by atoms with Crippen LogP contribution < -0.4 is 5.32 Å². The average molecular weight is 238 g/mol. The molecule has 0 saturated heterocycles. The molecule has 1 aromatic rings. The van der Waals surface area contributed by atoms with Gasteiger partial charge in [0, 0.05) is 18.7 Å². The van der Waals surface area contributed by atoms with Crippen molar-refractivity contribution in [3.8, 4) is 0 Å². The van der Waals surface area contributed by atoms with E-state index in [9.17, 15) is 14.9 Å². The molecule has 1 aromatic carbocycles. The van der Waals surface area contributed by atoms with E-state index < -0.39 is 16.9 Å². The first kappa shape index (κ1) is 13.1. The Labute approximate surface area is 98.4 Å². The van der Waals surface area contributed by atoms with Crippen LogP contribution in [0.3, 0.4) is 0 Å². The quantitative estimate of drug-likeness (QED) is 0.581. The zero-order chi connectivity index (χ0) is 12.8. The number of non-ortho nitro benzene ring substituents is 1. The van der Waals surface area contributed by atoms with E-state index in [2.05, 4.69) is 5.32 Å². The minimum absolute atomic E-state index is 0.0433. The number of carbonyl (C=O) groups is 1. The Balaban J connectivity index is 2.42. The van der Waals surface area contributed by atoms with Gasteiger partial charge < -0.3 is 10.4 Å². The Bertz CT molecular complexity index is 400. The molecule has 6 heteroatoms. The molecule has 0 saturated carbocycles. The molecule has 1 rings (SSSR count). The van der Waals surface area contributed by atoms with Crippen LogP contribution in [-0.2, 0) is 11.2 Å². The summed E-state index contributed by atoms with van der Waals surface area (Å²) in [6.45, 7) is 1.78. The molecule has 17 heavy (non-hydrogen) atoms. The maximum atomic E-state index is 11.0. The summed E-state index contributed by atoms with van der Waals surface area (Å²) in [5.74, 6) is -0.424. The number of hydrogen-bond donors (Lipinski definition) is 2. The van der Waals surface area contributed by atoms with Crippen molar-refractivity contribution in [2.45, 2.75) is 19.4 Å². The van der Waals surface area contributed by atoms with Crippen LogP contribution in [0.4, 0.5) is 5.69 Å². The molecule has 1 atom stereocenters. The third-order valence-electron chi connectivity index (χ3n) is 2.24. The third-order valence-corrected chi connectivity index (χ3v) is 2.24. The average Bonchev–Trinajstić information content (AvgIpc) is 2.29. The van der Waals surface area contributed by atoms with Gasteiger partial charge in [-0.05, 0) is 18.9 Å². The van der Waals surface area contributed by atoms with Crippen molar-refractivity contribution in [2.75, 3.05) is 6.54 Å². The predicted molar refractivity (Wildman–Crippen MR) is 61.5 cm³/mol. The maximum absolute atomic E-state index is 11.0. The SMILES string of the molecule is CC(O)C(=O)NCCc1ccc([N+](=O)[O-])cc1. The van der Waals surface area contributed by atoms with Crippen LogP contribution in [-0.4, -0.2) is 28.6 Å². The lowest BCUT2D eigenvalue weighted by molar-refractivity contribution is -0.384. The number of nitrogens with one attached hydrogen (secondary N) is 1. The van der Waals surface area contributed by atoms with Gasteiger partial charge in [-0.15, -0.1) is 0 Å². The molecule has 2 N–H and O–H groups in total. The van der Waals surface area contributed by atoms with E-state index in [1.54, 1.807) is 12.1 Å². The number of nitro groups is 1. The van der Waals surface area contributed by atoms with E-state index >= 15 is 0 Å². The second-order valence-electron chi connectivity index (χ2n) is 3.64. The highest BCUT2D eigenvalue weighted by Gasteiger charge is 2.07. The summed E-state index contributed by atoms with van der Waals surface area (Å²) in [6, 6.07) is 6.14. The molecular formula is C11H14N2O4. The molecule has 0 aliphatic heterocycles. The van der Waals surface area contributed by atoms with Crippen molar-refractivity contribution in [3.05, 3.63) is 39.9 Å². The summed E-state index contributed by atoms with van der Waals surface area (Å²) in [7, 11) is 0. The van der Waals surface area contributed by atoms with Crippen LogP contribution in [0.15, 0.2) is 24.3 Å². The second kappa shape index (κ2) is 5.95. The van der Waals surface area contributed by atoms with E-state index in [-0.39, 0.29) is 5.69 Å². The Kier molecular flexibility index (Phi) is 4.59. The fraction of sp³-hybridized carbons (Fsp3) is 0.364. The molecule has 0 aliphatic rings. The zero-order valence-corrected chi connectivity index (χ0v) is 9.42. The molecule has 1 amide bonds. The molecule has 6 nitrogen and oxygen atoms in total. The molecule has 0 heterocycles. The van der Waals surface area contributed by atoms with Crippen LogP contribution in [0.25, 0.3) is 0 Å². The maximum Gasteiger partial charge on any atom is 0.269 e. The lowest BCUT2D eigenvalue weighted by Crippen LogP contribution is -2.33. The molecule has 0 aromatic heterocycles. The number of aliphatic hydroxyl groups excluding tert-OH is 1. The summed E-state index contributed by atoms with van der Waals surface area (Å²) < 4.78 is 0. The zero-order valence-electron chi connectivity index (χ0n) is 9.42. The summed E-state index contributed by atoms with van der Waals surface area (Å²) in [5.41, 5.74) is 0.934. The highest BCUT2D eigenvalue weighted by Crippen LogP contribution is 2.11. The largest absolute Gasteiger partial charge is 0.384 e. The third kappa shape index (κ3) is 4.20. The van der Waals surface area contributed by atoms with Crippen LogP contribution in [0.1, 0.15) is 12.5 Å². The number of benzene rings is 1. The normalized spacial score (nSPS) is 11.9. The lowest BCUT2D eigenvalue weighted by atomic mass is 10.1. The van der Waals surface area contributed by atoms with Crippen LogP contribution >= 0.6 is 0 Å². The smallest absolute Gasteiger partial charge is 0.269 e. The van der Waals surface area contributed by atoms with Gasteiger partial charge in [-0.3, -0.25) is 14.9 Å². The van der Waals surface area contributed by atoms with E-state index in [1.165, 1.54) is 19.1 Å². The van der Waals surface area contributed by atoms with Crippen LogP contribution in [0, 0.1) is 10.1 Å². The topological polar surface area (TPSA) is 92.5 Å². The van der Waals surface area contributed by atoms with Crippen molar-refractivity contribution in [3.63, 3.8) is 0 Å². The molecule has 0 fully saturated rings. The predicted octanol–water partition coefficient (Wildman–Crippen LogP) is 0.634. The van der Waals surface area contributed by atoms with Crippen molar-refractivity contribution in [1.29, 1.82) is 0 Å². The van der Waals surface area contributed by atoms with Crippen LogP contribution in [0.5, 0.6) is 0 Å². The van der Waals surface area contributed by atoms with Crippen molar-refractivity contribution in [1.82, 2.24) is 5.32 Å². The number of hydrogen-bond acceptors (Lipinski definition) is 4. The summed E-state index contributed by atoms with van der Waals surface area (Å²) >= 11 is 0. The first-order valence-electron chi connectivity index (χ1n) is 5.20. The second-order valence-corrected chi connectivity index (χ2v) is 3.64. The summed E-state index contributed by atoms with van der Waals surface area (Å²) in [6.07, 6.45) is -0.455. The number of nitrogens with zero attached hydrogens (tertiary/aromatic N) is 1. The lowest BCUT2D eigenvalue weighted by Gasteiger charge is -2.06. The summed E-state index contributed by atoms with van der Waals surface area (Å²) in [4.78, 5) is 21.0. The molecular weight excluding hydrogens is 224 g/mol. The number of aliphatic hydroxyl groups is 1. The number of carbonyl (C=O) groups excluding carboxylic acids is 1. The van der Waals surface area contributed by atoms with Gasteiger partial charge in [-0.25, -0.2) is 0 Å². The number of nitro benzene ring substituents is 1. The monoisotopic (exact) mass is 238 g/mol. The molecule has 0 aliphatic carbocycles.